The van der Waals surface area contributed by atoms with E-state index < -0.39 is 0 Å². The van der Waals surface area contributed by atoms with Crippen molar-refractivity contribution < 1.29 is 4.79 Å². The van der Waals surface area contributed by atoms with E-state index >= 15 is 0 Å². The molecular weight excluding hydrogens is 304 g/mol. The van der Waals surface area contributed by atoms with Gasteiger partial charge in [-0.15, -0.1) is 0 Å². The van der Waals surface area contributed by atoms with E-state index in [1.54, 1.807) is 36.9 Å². The molecule has 0 aliphatic carbocycles. The van der Waals surface area contributed by atoms with Gasteiger partial charge in [-0.3, -0.25) is 14.9 Å². The summed E-state index contributed by atoms with van der Waals surface area (Å²) in [5.41, 5.74) is 4.12. The molecule has 7 nitrogen and oxygen atoms in total. The molecule has 4 aromatic rings. The van der Waals surface area contributed by atoms with Crippen molar-refractivity contribution in [2.75, 3.05) is 5.32 Å². The van der Waals surface area contributed by atoms with E-state index in [9.17, 15) is 4.79 Å². The zero-order chi connectivity index (χ0) is 16.5. The molecule has 0 aliphatic heterocycles. The van der Waals surface area contributed by atoms with E-state index in [0.29, 0.717) is 11.5 Å². The predicted molar refractivity (Wildman–Crippen MR) is 90.6 cm³/mol. The van der Waals surface area contributed by atoms with Gasteiger partial charge < -0.3 is 10.3 Å². The molecule has 24 heavy (non-hydrogen) atoms. The second kappa shape index (κ2) is 5.62. The maximum absolute atomic E-state index is 12.3. The number of anilines is 1. The standard InChI is InChI=1S/C17H14N6O/c1-10-4-12-7-19-16(5-15(12)22-10)23-17(24)14-3-2-11(6-18-14)13-8-20-21-9-13/h2-9,22H,1H3,(H,20,21)(H,19,23,24). The summed E-state index contributed by atoms with van der Waals surface area (Å²) >= 11 is 0. The molecule has 1 amide bonds. The zero-order valence-electron chi connectivity index (χ0n) is 12.9. The van der Waals surface area contributed by atoms with Crippen LogP contribution in [-0.2, 0) is 0 Å². The number of amides is 1. The first-order valence-corrected chi connectivity index (χ1v) is 7.41. The Morgan fingerprint density at radius 1 is 1.08 bits per heavy atom. The van der Waals surface area contributed by atoms with Crippen LogP contribution in [-0.4, -0.2) is 31.1 Å². The van der Waals surface area contributed by atoms with Crippen molar-refractivity contribution in [2.45, 2.75) is 6.92 Å². The molecule has 0 aliphatic rings. The molecule has 0 saturated carbocycles. The van der Waals surface area contributed by atoms with E-state index in [1.165, 1.54) is 0 Å². The first kappa shape index (κ1) is 14.1. The highest BCUT2D eigenvalue weighted by atomic mass is 16.1. The number of rotatable bonds is 3. The van der Waals surface area contributed by atoms with Gasteiger partial charge in [-0.1, -0.05) is 6.07 Å². The second-order valence-electron chi connectivity index (χ2n) is 5.48. The van der Waals surface area contributed by atoms with Crippen LogP contribution in [0.25, 0.3) is 22.0 Å². The number of fused-ring (bicyclic) bond motifs is 1. The van der Waals surface area contributed by atoms with Gasteiger partial charge >= 0.3 is 0 Å². The minimum Gasteiger partial charge on any atom is -0.358 e. The number of hydrogen-bond donors (Lipinski definition) is 3. The van der Waals surface area contributed by atoms with E-state index in [2.05, 4.69) is 30.5 Å². The molecule has 0 radical (unpaired) electrons. The summed E-state index contributed by atoms with van der Waals surface area (Å²) in [4.78, 5) is 24.0. The van der Waals surface area contributed by atoms with Crippen LogP contribution in [0.1, 0.15) is 16.2 Å². The molecular formula is C17H14N6O. The third-order valence-corrected chi connectivity index (χ3v) is 3.71. The van der Waals surface area contributed by atoms with Crippen molar-refractivity contribution in [1.82, 2.24) is 25.1 Å². The molecule has 4 aromatic heterocycles. The largest absolute Gasteiger partial charge is 0.358 e. The number of aromatic nitrogens is 5. The Balaban J connectivity index is 1.54. The maximum Gasteiger partial charge on any atom is 0.275 e. The third kappa shape index (κ3) is 2.63. The highest BCUT2D eigenvalue weighted by Crippen LogP contribution is 2.19. The normalized spacial score (nSPS) is 10.9. The maximum atomic E-state index is 12.3. The molecule has 0 spiro atoms. The Morgan fingerprint density at radius 2 is 2.00 bits per heavy atom. The number of aryl methyl sites for hydroxylation is 1. The SMILES string of the molecule is Cc1cc2cnc(NC(=O)c3ccc(-c4cn[nH]c4)cn3)cc2[nH]1. The molecule has 0 bridgehead atoms. The molecule has 0 unspecified atom stereocenters. The van der Waals surface area contributed by atoms with Crippen LogP contribution in [0.5, 0.6) is 0 Å². The lowest BCUT2D eigenvalue weighted by Crippen LogP contribution is -2.14. The highest BCUT2D eigenvalue weighted by Gasteiger charge is 2.10. The lowest BCUT2D eigenvalue weighted by Gasteiger charge is -2.04. The topological polar surface area (TPSA) is 99.3 Å². The van der Waals surface area contributed by atoms with Crippen molar-refractivity contribution in [3.05, 3.63) is 60.4 Å². The highest BCUT2D eigenvalue weighted by molar-refractivity contribution is 6.03. The van der Waals surface area contributed by atoms with Gasteiger partial charge in [-0.2, -0.15) is 5.10 Å². The lowest BCUT2D eigenvalue weighted by atomic mass is 10.1. The fraction of sp³-hybridized carbons (Fsp3) is 0.0588. The minimum atomic E-state index is -0.302. The monoisotopic (exact) mass is 318 g/mol. The Kier molecular flexibility index (Phi) is 3.31. The quantitative estimate of drug-likeness (QED) is 0.541. The Bertz CT molecular complexity index is 1000. The second-order valence-corrected chi connectivity index (χ2v) is 5.48. The van der Waals surface area contributed by atoms with Crippen LogP contribution in [0.4, 0.5) is 5.82 Å². The first-order valence-electron chi connectivity index (χ1n) is 7.41. The first-order chi connectivity index (χ1) is 11.7. The van der Waals surface area contributed by atoms with Gasteiger partial charge in [-0.25, -0.2) is 4.98 Å². The van der Waals surface area contributed by atoms with Gasteiger partial charge in [0.2, 0.25) is 0 Å². The molecule has 4 heterocycles. The summed E-state index contributed by atoms with van der Waals surface area (Å²) in [5, 5.41) is 10.4. The third-order valence-electron chi connectivity index (χ3n) is 3.71. The van der Waals surface area contributed by atoms with Crippen molar-refractivity contribution in [2.24, 2.45) is 0 Å². The molecule has 0 aromatic carbocycles. The van der Waals surface area contributed by atoms with Crippen LogP contribution >= 0.6 is 0 Å². The minimum absolute atomic E-state index is 0.302. The zero-order valence-corrected chi connectivity index (χ0v) is 12.9. The van der Waals surface area contributed by atoms with Crippen molar-refractivity contribution in [3.8, 4) is 11.1 Å². The molecule has 0 atom stereocenters. The summed E-state index contributed by atoms with van der Waals surface area (Å²) in [6.45, 7) is 1.98. The van der Waals surface area contributed by atoms with E-state index in [4.69, 9.17) is 0 Å². The van der Waals surface area contributed by atoms with Gasteiger partial charge in [0.1, 0.15) is 11.5 Å². The van der Waals surface area contributed by atoms with Gasteiger partial charge in [0, 0.05) is 46.9 Å². The number of carbonyl (C=O) groups excluding carboxylic acids is 1. The smallest absolute Gasteiger partial charge is 0.275 e. The number of nitrogens with one attached hydrogen (secondary N) is 3. The molecule has 7 heteroatoms. The number of hydrogen-bond acceptors (Lipinski definition) is 4. The summed E-state index contributed by atoms with van der Waals surface area (Å²) in [7, 11) is 0. The van der Waals surface area contributed by atoms with E-state index in [0.717, 1.165) is 27.7 Å². The van der Waals surface area contributed by atoms with Gasteiger partial charge in [-0.05, 0) is 19.1 Å². The molecule has 3 N–H and O–H groups in total. The van der Waals surface area contributed by atoms with Crippen molar-refractivity contribution in [3.63, 3.8) is 0 Å². The van der Waals surface area contributed by atoms with E-state index in [-0.39, 0.29) is 5.91 Å². The number of aromatic amines is 2. The average Bonchev–Trinajstić information content (AvgIpc) is 3.23. The van der Waals surface area contributed by atoms with Crippen molar-refractivity contribution in [1.29, 1.82) is 0 Å². The number of H-pyrrole nitrogens is 2. The summed E-state index contributed by atoms with van der Waals surface area (Å²) in [6, 6.07) is 7.32. The molecule has 0 fully saturated rings. The summed E-state index contributed by atoms with van der Waals surface area (Å²) < 4.78 is 0. The van der Waals surface area contributed by atoms with Crippen LogP contribution in [0.3, 0.4) is 0 Å². The molecule has 4 rings (SSSR count). The fourth-order valence-electron chi connectivity index (χ4n) is 2.53. The van der Waals surface area contributed by atoms with Crippen molar-refractivity contribution >= 4 is 22.6 Å². The fourth-order valence-corrected chi connectivity index (χ4v) is 2.53. The number of carbonyl (C=O) groups is 1. The Labute approximate surface area is 137 Å². The van der Waals surface area contributed by atoms with E-state index in [1.807, 2.05) is 19.1 Å². The molecule has 118 valence electrons. The Morgan fingerprint density at radius 3 is 2.75 bits per heavy atom. The van der Waals surface area contributed by atoms with Crippen LogP contribution in [0.15, 0.2) is 49.1 Å². The number of nitrogens with zero attached hydrogens (tertiary/aromatic N) is 3. The van der Waals surface area contributed by atoms with Crippen LogP contribution in [0, 0.1) is 6.92 Å². The summed E-state index contributed by atoms with van der Waals surface area (Å²) in [5.74, 6) is 0.180. The lowest BCUT2D eigenvalue weighted by molar-refractivity contribution is 0.102. The number of pyridine rings is 2. The average molecular weight is 318 g/mol. The Hall–Kier alpha value is -3.48. The summed E-state index contributed by atoms with van der Waals surface area (Å²) in [6.07, 6.45) is 6.84. The predicted octanol–water partition coefficient (Wildman–Crippen LogP) is 2.91. The van der Waals surface area contributed by atoms with Gasteiger partial charge in [0.05, 0.1) is 11.7 Å². The van der Waals surface area contributed by atoms with Crippen LogP contribution < -0.4 is 5.32 Å². The molecule has 0 saturated heterocycles. The van der Waals surface area contributed by atoms with Crippen LogP contribution in [0.2, 0.25) is 0 Å². The van der Waals surface area contributed by atoms with Gasteiger partial charge in [0.25, 0.3) is 5.91 Å². The van der Waals surface area contributed by atoms with Gasteiger partial charge in [0.15, 0.2) is 0 Å².